The van der Waals surface area contributed by atoms with Gasteiger partial charge in [0.15, 0.2) is 9.84 Å². The standard InChI is InChI=1S/C8H8ClO2S/c1-2-12(10,11)8-5-3-7(9)4-6-8/h2-6H,1H3. The minimum absolute atomic E-state index is 0.273. The van der Waals surface area contributed by atoms with Crippen molar-refractivity contribution in [2.75, 3.05) is 0 Å². The van der Waals surface area contributed by atoms with E-state index in [1.807, 2.05) is 0 Å². The van der Waals surface area contributed by atoms with Crippen LogP contribution < -0.4 is 0 Å². The quantitative estimate of drug-likeness (QED) is 0.739. The number of hydrogen-bond acceptors (Lipinski definition) is 2. The highest BCUT2D eigenvalue weighted by molar-refractivity contribution is 7.93. The van der Waals surface area contributed by atoms with Gasteiger partial charge >= 0.3 is 0 Å². The second-order valence-corrected chi connectivity index (χ2v) is 4.70. The van der Waals surface area contributed by atoms with Gasteiger partial charge in [-0.1, -0.05) is 11.6 Å². The summed E-state index contributed by atoms with van der Waals surface area (Å²) < 4.78 is 22.4. The van der Waals surface area contributed by atoms with E-state index in [2.05, 4.69) is 0 Å². The van der Waals surface area contributed by atoms with Gasteiger partial charge in [0.25, 0.3) is 0 Å². The highest BCUT2D eigenvalue weighted by Crippen LogP contribution is 2.16. The maximum absolute atomic E-state index is 11.2. The zero-order chi connectivity index (χ0) is 9.19. The molecule has 0 aliphatic heterocycles. The van der Waals surface area contributed by atoms with E-state index < -0.39 is 9.84 Å². The third kappa shape index (κ3) is 1.99. The Morgan fingerprint density at radius 2 is 1.75 bits per heavy atom. The molecular weight excluding hydrogens is 196 g/mol. The average Bonchev–Trinajstić information content (AvgIpc) is 2.05. The first-order valence-corrected chi connectivity index (χ1v) is 5.29. The van der Waals surface area contributed by atoms with E-state index in [9.17, 15) is 8.42 Å². The van der Waals surface area contributed by atoms with Crippen LogP contribution in [0.3, 0.4) is 0 Å². The molecule has 65 valence electrons. The molecule has 0 heterocycles. The summed E-state index contributed by atoms with van der Waals surface area (Å²) in [5.74, 6) is 1.16. The molecule has 12 heavy (non-hydrogen) atoms. The Hall–Kier alpha value is -0.540. The molecule has 0 bridgehead atoms. The van der Waals surface area contributed by atoms with E-state index in [0.717, 1.165) is 5.75 Å². The van der Waals surface area contributed by atoms with Gasteiger partial charge in [-0.05, 0) is 31.2 Å². The molecule has 0 spiro atoms. The van der Waals surface area contributed by atoms with Crippen LogP contribution in [0.25, 0.3) is 0 Å². The fraction of sp³-hybridized carbons (Fsp3) is 0.125. The number of hydrogen-bond donors (Lipinski definition) is 0. The Kier molecular flexibility index (Phi) is 2.75. The van der Waals surface area contributed by atoms with E-state index in [1.54, 1.807) is 12.1 Å². The Morgan fingerprint density at radius 3 is 2.17 bits per heavy atom. The zero-order valence-electron chi connectivity index (χ0n) is 6.49. The Labute approximate surface area is 77.1 Å². The molecular formula is C8H8ClO2S. The van der Waals surface area contributed by atoms with E-state index in [4.69, 9.17) is 11.6 Å². The van der Waals surface area contributed by atoms with E-state index in [1.165, 1.54) is 19.1 Å². The fourth-order valence-electron chi connectivity index (χ4n) is 0.760. The molecule has 0 saturated heterocycles. The second-order valence-electron chi connectivity index (χ2n) is 2.23. The minimum atomic E-state index is -3.20. The summed E-state index contributed by atoms with van der Waals surface area (Å²) in [7, 11) is -3.20. The minimum Gasteiger partial charge on any atom is -0.223 e. The van der Waals surface area contributed by atoms with Crippen molar-refractivity contribution in [1.82, 2.24) is 0 Å². The van der Waals surface area contributed by atoms with Crippen LogP contribution in [0, 0.1) is 5.75 Å². The molecule has 0 amide bonds. The molecule has 1 aromatic carbocycles. The predicted octanol–water partition coefficient (Wildman–Crippen LogP) is 2.30. The molecule has 1 radical (unpaired) electrons. The summed E-state index contributed by atoms with van der Waals surface area (Å²) in [6, 6.07) is 6.07. The molecule has 1 rings (SSSR count). The van der Waals surface area contributed by atoms with Crippen LogP contribution in [0.5, 0.6) is 0 Å². The van der Waals surface area contributed by atoms with Crippen LogP contribution in [-0.2, 0) is 9.84 Å². The fourth-order valence-corrected chi connectivity index (χ4v) is 1.67. The van der Waals surface area contributed by atoms with E-state index in [-0.39, 0.29) is 4.90 Å². The molecule has 2 nitrogen and oxygen atoms in total. The lowest BCUT2D eigenvalue weighted by Gasteiger charge is -1.99. The maximum Gasteiger partial charge on any atom is 0.182 e. The van der Waals surface area contributed by atoms with Gasteiger partial charge in [-0.15, -0.1) is 0 Å². The van der Waals surface area contributed by atoms with Crippen molar-refractivity contribution < 1.29 is 8.42 Å². The Balaban J connectivity index is 3.14. The molecule has 0 saturated carbocycles. The lowest BCUT2D eigenvalue weighted by Crippen LogP contribution is -1.97. The van der Waals surface area contributed by atoms with Crippen LogP contribution in [0.15, 0.2) is 29.2 Å². The Morgan fingerprint density at radius 1 is 1.25 bits per heavy atom. The normalized spacial score (nSPS) is 11.5. The molecule has 0 atom stereocenters. The Bertz CT molecular complexity index is 353. The monoisotopic (exact) mass is 203 g/mol. The highest BCUT2D eigenvalue weighted by Gasteiger charge is 2.10. The average molecular weight is 204 g/mol. The summed E-state index contributed by atoms with van der Waals surface area (Å²) >= 11 is 5.60. The van der Waals surface area contributed by atoms with Crippen LogP contribution >= 0.6 is 11.6 Å². The maximum atomic E-state index is 11.2. The van der Waals surface area contributed by atoms with Crippen molar-refractivity contribution in [1.29, 1.82) is 0 Å². The van der Waals surface area contributed by atoms with Crippen molar-refractivity contribution in [3.8, 4) is 0 Å². The van der Waals surface area contributed by atoms with Crippen LogP contribution in [0.4, 0.5) is 0 Å². The molecule has 0 unspecified atom stereocenters. The smallest absolute Gasteiger partial charge is 0.182 e. The third-order valence-corrected chi connectivity index (χ3v) is 3.25. The number of halogens is 1. The zero-order valence-corrected chi connectivity index (χ0v) is 8.06. The SMILES string of the molecule is C[CH]S(=O)(=O)c1ccc(Cl)cc1. The lowest BCUT2D eigenvalue weighted by atomic mass is 10.4. The topological polar surface area (TPSA) is 34.1 Å². The summed E-state index contributed by atoms with van der Waals surface area (Å²) in [5.41, 5.74) is 0. The molecule has 0 fully saturated rings. The van der Waals surface area contributed by atoms with Crippen LogP contribution in [-0.4, -0.2) is 8.42 Å². The summed E-state index contributed by atoms with van der Waals surface area (Å²) in [6.45, 7) is 1.49. The first kappa shape index (κ1) is 9.55. The van der Waals surface area contributed by atoms with Crippen molar-refractivity contribution in [2.45, 2.75) is 11.8 Å². The van der Waals surface area contributed by atoms with Gasteiger partial charge in [0.1, 0.15) is 0 Å². The summed E-state index contributed by atoms with van der Waals surface area (Å²) in [4.78, 5) is 0.273. The van der Waals surface area contributed by atoms with Gasteiger partial charge in [-0.3, -0.25) is 0 Å². The van der Waals surface area contributed by atoms with Crippen molar-refractivity contribution in [3.05, 3.63) is 35.0 Å². The largest absolute Gasteiger partial charge is 0.223 e. The predicted molar refractivity (Wildman–Crippen MR) is 48.6 cm³/mol. The van der Waals surface area contributed by atoms with Gasteiger partial charge in [-0.25, -0.2) is 8.42 Å². The first-order valence-electron chi connectivity index (χ1n) is 3.36. The van der Waals surface area contributed by atoms with Gasteiger partial charge in [0.2, 0.25) is 0 Å². The molecule has 0 aliphatic carbocycles. The molecule has 0 aromatic heterocycles. The van der Waals surface area contributed by atoms with E-state index >= 15 is 0 Å². The molecule has 1 aromatic rings. The summed E-state index contributed by atoms with van der Waals surface area (Å²) in [6.07, 6.45) is 0. The van der Waals surface area contributed by atoms with Gasteiger partial charge in [-0.2, -0.15) is 0 Å². The highest BCUT2D eigenvalue weighted by atomic mass is 35.5. The first-order chi connectivity index (χ1) is 5.56. The summed E-state index contributed by atoms with van der Waals surface area (Å²) in [5, 5.41) is 0.532. The number of benzene rings is 1. The molecule has 4 heteroatoms. The number of rotatable bonds is 2. The van der Waals surface area contributed by atoms with Crippen LogP contribution in [0.2, 0.25) is 5.02 Å². The van der Waals surface area contributed by atoms with E-state index in [0.29, 0.717) is 5.02 Å². The molecule has 0 N–H and O–H groups in total. The third-order valence-electron chi connectivity index (χ3n) is 1.45. The van der Waals surface area contributed by atoms with Gasteiger partial charge in [0.05, 0.1) is 10.6 Å². The van der Waals surface area contributed by atoms with Crippen molar-refractivity contribution >= 4 is 21.4 Å². The van der Waals surface area contributed by atoms with Gasteiger partial charge < -0.3 is 0 Å². The second kappa shape index (κ2) is 3.46. The lowest BCUT2D eigenvalue weighted by molar-refractivity contribution is 0.601. The van der Waals surface area contributed by atoms with Crippen molar-refractivity contribution in [2.24, 2.45) is 0 Å². The number of sulfone groups is 1. The molecule has 0 aliphatic rings. The van der Waals surface area contributed by atoms with Crippen molar-refractivity contribution in [3.63, 3.8) is 0 Å². The van der Waals surface area contributed by atoms with Crippen LogP contribution in [0.1, 0.15) is 6.92 Å². The van der Waals surface area contributed by atoms with Gasteiger partial charge in [0, 0.05) is 5.02 Å².